The summed E-state index contributed by atoms with van der Waals surface area (Å²) in [6, 6.07) is 7.56. The van der Waals surface area contributed by atoms with E-state index in [0.717, 1.165) is 15.7 Å². The smallest absolute Gasteiger partial charge is 0.123 e. The van der Waals surface area contributed by atoms with E-state index in [1.807, 2.05) is 24.3 Å². The predicted molar refractivity (Wildman–Crippen MR) is 74.4 cm³/mol. The average molecular weight is 308 g/mol. The van der Waals surface area contributed by atoms with Crippen LogP contribution in [0, 0.1) is 0 Å². The van der Waals surface area contributed by atoms with Crippen LogP contribution in [0.5, 0.6) is 0 Å². The van der Waals surface area contributed by atoms with Crippen molar-refractivity contribution in [3.8, 4) is 0 Å². The highest BCUT2D eigenvalue weighted by Crippen LogP contribution is 2.18. The van der Waals surface area contributed by atoms with E-state index >= 15 is 0 Å². The van der Waals surface area contributed by atoms with Gasteiger partial charge in [0.25, 0.3) is 0 Å². The molecule has 2 rings (SSSR count). The monoisotopic (exact) mass is 307 g/mol. The van der Waals surface area contributed by atoms with Gasteiger partial charge in [-0.05, 0) is 52.2 Å². The van der Waals surface area contributed by atoms with Gasteiger partial charge in [0, 0.05) is 16.9 Å². The minimum absolute atomic E-state index is 0.0556. The van der Waals surface area contributed by atoms with Crippen LogP contribution in [0.3, 0.4) is 0 Å². The Hall–Kier alpha value is -1.50. The molecule has 2 aromatic heterocycles. The molecule has 5 nitrogen and oxygen atoms in total. The fourth-order valence-electron chi connectivity index (χ4n) is 1.70. The zero-order chi connectivity index (χ0) is 13.0. The molecule has 0 fully saturated rings. The summed E-state index contributed by atoms with van der Waals surface area (Å²) in [5.41, 5.74) is 10.4. The third-order valence-electron chi connectivity index (χ3n) is 2.59. The molecule has 0 amide bonds. The maximum Gasteiger partial charge on any atom is 0.123 e. The van der Waals surface area contributed by atoms with Gasteiger partial charge in [0.1, 0.15) is 5.82 Å². The molecule has 0 aromatic carbocycles. The maximum atomic E-state index is 5.65. The van der Waals surface area contributed by atoms with Gasteiger partial charge in [0.05, 0.1) is 11.7 Å². The van der Waals surface area contributed by atoms with E-state index in [0.29, 0.717) is 12.2 Å². The number of nitrogens with one attached hydrogen (secondary N) is 1. The second-order valence-electron chi connectivity index (χ2n) is 3.91. The summed E-state index contributed by atoms with van der Waals surface area (Å²) in [6.45, 7) is 0. The number of anilines is 1. The molecule has 1 atom stereocenters. The quantitative estimate of drug-likeness (QED) is 0.589. The Labute approximate surface area is 114 Å². The summed E-state index contributed by atoms with van der Waals surface area (Å²) in [5.74, 6) is 6.09. The molecule has 0 saturated heterocycles. The molecule has 0 bridgehead atoms. The topological polar surface area (TPSA) is 89.8 Å². The van der Waals surface area contributed by atoms with Gasteiger partial charge < -0.3 is 5.73 Å². The van der Waals surface area contributed by atoms with Crippen molar-refractivity contribution in [2.45, 2.75) is 12.5 Å². The van der Waals surface area contributed by atoms with Crippen molar-refractivity contribution >= 4 is 21.7 Å². The summed E-state index contributed by atoms with van der Waals surface area (Å²) < 4.78 is 0.940. The Balaban J connectivity index is 2.17. The van der Waals surface area contributed by atoms with E-state index in [2.05, 4.69) is 31.3 Å². The van der Waals surface area contributed by atoms with Crippen LogP contribution in [0.4, 0.5) is 5.82 Å². The van der Waals surface area contributed by atoms with E-state index in [9.17, 15) is 0 Å². The van der Waals surface area contributed by atoms with Crippen LogP contribution in [0.1, 0.15) is 17.3 Å². The van der Waals surface area contributed by atoms with Crippen molar-refractivity contribution in [3.63, 3.8) is 0 Å². The Morgan fingerprint density at radius 2 is 2.11 bits per heavy atom. The predicted octanol–water partition coefficient (Wildman–Crippen LogP) is 1.57. The fourth-order valence-corrected chi connectivity index (χ4v) is 1.93. The number of halogens is 1. The minimum atomic E-state index is -0.0556. The van der Waals surface area contributed by atoms with E-state index in [4.69, 9.17) is 11.6 Å². The van der Waals surface area contributed by atoms with Crippen molar-refractivity contribution in [1.82, 2.24) is 15.4 Å². The second kappa shape index (κ2) is 5.90. The highest BCUT2D eigenvalue weighted by Gasteiger charge is 2.12. The number of rotatable bonds is 4. The molecular weight excluding hydrogens is 294 g/mol. The standard InChI is InChI=1S/C12H14BrN5/c13-9-1-2-10(17-7-9)11(18-15)5-8-3-4-16-12(14)6-8/h1-4,6-7,11,18H,5,15H2,(H2,14,16). The lowest BCUT2D eigenvalue weighted by Gasteiger charge is -2.15. The van der Waals surface area contributed by atoms with Gasteiger partial charge in [-0.3, -0.25) is 16.3 Å². The summed E-state index contributed by atoms with van der Waals surface area (Å²) in [5, 5.41) is 0. The number of nitrogen functional groups attached to an aromatic ring is 1. The number of hydrogen-bond acceptors (Lipinski definition) is 5. The molecule has 0 radical (unpaired) electrons. The second-order valence-corrected chi connectivity index (χ2v) is 4.83. The van der Waals surface area contributed by atoms with Crippen LogP contribution in [0.15, 0.2) is 41.1 Å². The lowest BCUT2D eigenvalue weighted by Crippen LogP contribution is -2.30. The van der Waals surface area contributed by atoms with Crippen molar-refractivity contribution in [2.75, 3.05) is 5.73 Å². The van der Waals surface area contributed by atoms with Gasteiger partial charge in [0.15, 0.2) is 0 Å². The van der Waals surface area contributed by atoms with E-state index in [-0.39, 0.29) is 6.04 Å². The molecular formula is C12H14BrN5. The molecule has 0 aliphatic heterocycles. The van der Waals surface area contributed by atoms with Gasteiger partial charge in [-0.15, -0.1) is 0 Å². The molecule has 2 aromatic rings. The zero-order valence-electron chi connectivity index (χ0n) is 9.68. The normalized spacial score (nSPS) is 12.3. The minimum Gasteiger partial charge on any atom is -0.384 e. The third-order valence-corrected chi connectivity index (χ3v) is 3.06. The van der Waals surface area contributed by atoms with Gasteiger partial charge in [0.2, 0.25) is 0 Å². The largest absolute Gasteiger partial charge is 0.384 e. The first-order valence-electron chi connectivity index (χ1n) is 5.47. The number of nitrogens with zero attached hydrogens (tertiary/aromatic N) is 2. The summed E-state index contributed by atoms with van der Waals surface area (Å²) in [7, 11) is 0. The van der Waals surface area contributed by atoms with E-state index < -0.39 is 0 Å². The molecule has 0 spiro atoms. The molecule has 2 heterocycles. The Bertz CT molecular complexity index is 514. The number of hydrazine groups is 1. The van der Waals surface area contributed by atoms with Gasteiger partial charge in [-0.1, -0.05) is 0 Å². The van der Waals surface area contributed by atoms with Crippen LogP contribution in [-0.2, 0) is 6.42 Å². The van der Waals surface area contributed by atoms with Crippen molar-refractivity contribution in [2.24, 2.45) is 5.84 Å². The first-order chi connectivity index (χ1) is 8.69. The lowest BCUT2D eigenvalue weighted by atomic mass is 10.0. The number of aromatic nitrogens is 2. The number of nitrogens with two attached hydrogens (primary N) is 2. The molecule has 5 N–H and O–H groups in total. The summed E-state index contributed by atoms with van der Waals surface area (Å²) >= 11 is 3.35. The molecule has 1 unspecified atom stereocenters. The van der Waals surface area contributed by atoms with Crippen molar-refractivity contribution in [3.05, 3.63) is 52.4 Å². The Morgan fingerprint density at radius 3 is 2.72 bits per heavy atom. The highest BCUT2D eigenvalue weighted by molar-refractivity contribution is 9.10. The number of hydrogen-bond donors (Lipinski definition) is 3. The van der Waals surface area contributed by atoms with Gasteiger partial charge in [-0.2, -0.15) is 0 Å². The van der Waals surface area contributed by atoms with Crippen LogP contribution >= 0.6 is 15.9 Å². The Kier molecular flexibility index (Phi) is 4.24. The van der Waals surface area contributed by atoms with E-state index in [1.165, 1.54) is 0 Å². The van der Waals surface area contributed by atoms with Crippen LogP contribution in [0.25, 0.3) is 0 Å². The third kappa shape index (κ3) is 3.25. The fraction of sp³-hybridized carbons (Fsp3) is 0.167. The van der Waals surface area contributed by atoms with Crippen LogP contribution in [0.2, 0.25) is 0 Å². The van der Waals surface area contributed by atoms with Crippen LogP contribution < -0.4 is 17.0 Å². The SMILES string of the molecule is NNC(Cc1ccnc(N)c1)c1ccc(Br)cn1. The first kappa shape index (κ1) is 12.9. The van der Waals surface area contributed by atoms with E-state index in [1.54, 1.807) is 12.4 Å². The average Bonchev–Trinajstić information content (AvgIpc) is 2.37. The molecule has 6 heteroatoms. The van der Waals surface area contributed by atoms with Gasteiger partial charge >= 0.3 is 0 Å². The first-order valence-corrected chi connectivity index (χ1v) is 6.26. The molecule has 0 aliphatic carbocycles. The Morgan fingerprint density at radius 1 is 1.28 bits per heavy atom. The zero-order valence-corrected chi connectivity index (χ0v) is 11.3. The molecule has 0 saturated carbocycles. The highest BCUT2D eigenvalue weighted by atomic mass is 79.9. The number of pyridine rings is 2. The van der Waals surface area contributed by atoms with Crippen LogP contribution in [-0.4, -0.2) is 9.97 Å². The summed E-state index contributed by atoms with van der Waals surface area (Å²) in [6.07, 6.45) is 4.14. The maximum absolute atomic E-state index is 5.65. The van der Waals surface area contributed by atoms with Crippen molar-refractivity contribution < 1.29 is 0 Å². The van der Waals surface area contributed by atoms with Gasteiger partial charge in [-0.25, -0.2) is 4.98 Å². The van der Waals surface area contributed by atoms with Crippen molar-refractivity contribution in [1.29, 1.82) is 0 Å². The molecule has 94 valence electrons. The molecule has 0 aliphatic rings. The lowest BCUT2D eigenvalue weighted by molar-refractivity contribution is 0.538. The summed E-state index contributed by atoms with van der Waals surface area (Å²) in [4.78, 5) is 8.29. The molecule has 18 heavy (non-hydrogen) atoms.